The minimum Gasteiger partial charge on any atom is -0.365 e. The number of nitrogens with one attached hydrogen (secondary N) is 1. The zero-order chi connectivity index (χ0) is 13.7. The Hall–Kier alpha value is -1.55. The third-order valence-electron chi connectivity index (χ3n) is 3.72. The van der Waals surface area contributed by atoms with Crippen molar-refractivity contribution in [1.82, 2.24) is 5.32 Å². The highest BCUT2D eigenvalue weighted by molar-refractivity contribution is 5.81. The molecule has 0 spiro atoms. The van der Waals surface area contributed by atoms with E-state index in [1.165, 1.54) is 12.8 Å². The summed E-state index contributed by atoms with van der Waals surface area (Å²) in [5, 5.41) is 3.11. The topological polar surface area (TPSA) is 58.4 Å². The van der Waals surface area contributed by atoms with Crippen molar-refractivity contribution in [3.8, 4) is 0 Å². The summed E-state index contributed by atoms with van der Waals surface area (Å²) in [6.45, 7) is 0.873. The van der Waals surface area contributed by atoms with Crippen LogP contribution in [0.3, 0.4) is 0 Å². The highest BCUT2D eigenvalue weighted by atomic mass is 16.2. The fraction of sp³-hybridized carbons (Fsp3) is 0.533. The largest absolute Gasteiger partial charge is 0.365 e. The van der Waals surface area contributed by atoms with Gasteiger partial charge in [-0.05, 0) is 24.5 Å². The number of nitrogens with zero attached hydrogens (tertiary/aromatic N) is 1. The Kier molecular flexibility index (Phi) is 4.80. The number of nitrogens with two attached hydrogens (primary N) is 1. The van der Waals surface area contributed by atoms with Gasteiger partial charge in [-0.3, -0.25) is 4.79 Å². The Morgan fingerprint density at radius 2 is 2.05 bits per heavy atom. The first-order chi connectivity index (χ1) is 9.20. The van der Waals surface area contributed by atoms with Crippen molar-refractivity contribution in [3.05, 3.63) is 29.8 Å². The molecule has 0 radical (unpaired) electrons. The lowest BCUT2D eigenvalue weighted by Crippen LogP contribution is -2.40. The molecule has 0 atom stereocenters. The Bertz CT molecular complexity index is 427. The van der Waals surface area contributed by atoms with Gasteiger partial charge in [0.25, 0.3) is 0 Å². The number of benzene rings is 1. The molecule has 0 bridgehead atoms. The molecule has 1 amide bonds. The molecule has 0 saturated heterocycles. The van der Waals surface area contributed by atoms with E-state index in [1.54, 1.807) is 0 Å². The smallest absolute Gasteiger partial charge is 0.239 e. The second kappa shape index (κ2) is 6.57. The maximum atomic E-state index is 12.0. The lowest BCUT2D eigenvalue weighted by Gasteiger charge is -2.22. The van der Waals surface area contributed by atoms with Gasteiger partial charge in [0.2, 0.25) is 5.91 Å². The average Bonchev–Trinajstić information content (AvgIpc) is 2.91. The predicted molar refractivity (Wildman–Crippen MR) is 78.0 cm³/mol. The van der Waals surface area contributed by atoms with E-state index in [-0.39, 0.29) is 5.91 Å². The summed E-state index contributed by atoms with van der Waals surface area (Å²) in [5.41, 5.74) is 7.83. The molecule has 0 aromatic heterocycles. The minimum absolute atomic E-state index is 0.0984. The Morgan fingerprint density at radius 3 is 2.74 bits per heavy atom. The third kappa shape index (κ3) is 3.70. The number of carbonyl (C=O) groups is 1. The highest BCUT2D eigenvalue weighted by Gasteiger charge is 2.18. The van der Waals surface area contributed by atoms with Gasteiger partial charge in [-0.15, -0.1) is 0 Å². The standard InChI is InChI=1S/C15H23N3O/c1-18(14-9-5-2-6-12(14)10-16)11-15(19)17-13-7-3-4-8-13/h2,5-6,9,13H,3-4,7-8,10-11,16H2,1H3,(H,17,19). The molecule has 3 N–H and O–H groups in total. The van der Waals surface area contributed by atoms with Gasteiger partial charge >= 0.3 is 0 Å². The van der Waals surface area contributed by atoms with Crippen LogP contribution in [0, 0.1) is 0 Å². The molecular formula is C15H23N3O. The summed E-state index contributed by atoms with van der Waals surface area (Å²) in [4.78, 5) is 14.0. The van der Waals surface area contributed by atoms with E-state index in [2.05, 4.69) is 5.32 Å². The summed E-state index contributed by atoms with van der Waals surface area (Å²) in [6.07, 6.45) is 4.71. The van der Waals surface area contributed by atoms with Crippen LogP contribution in [-0.4, -0.2) is 25.5 Å². The Balaban J connectivity index is 1.92. The van der Waals surface area contributed by atoms with Crippen molar-refractivity contribution in [2.24, 2.45) is 5.73 Å². The number of hydrogen-bond donors (Lipinski definition) is 2. The van der Waals surface area contributed by atoms with Crippen molar-refractivity contribution in [2.75, 3.05) is 18.5 Å². The first kappa shape index (κ1) is 13.9. The molecule has 0 unspecified atom stereocenters. The number of likely N-dealkylation sites (N-methyl/N-ethyl adjacent to an activating group) is 1. The summed E-state index contributed by atoms with van der Waals surface area (Å²) in [6, 6.07) is 8.33. The predicted octanol–water partition coefficient (Wildman–Crippen LogP) is 1.64. The zero-order valence-corrected chi connectivity index (χ0v) is 11.6. The normalized spacial score (nSPS) is 15.5. The summed E-state index contributed by atoms with van der Waals surface area (Å²) >= 11 is 0. The van der Waals surface area contributed by atoms with Gasteiger partial charge in [-0.1, -0.05) is 31.0 Å². The fourth-order valence-electron chi connectivity index (χ4n) is 2.70. The second-order valence-corrected chi connectivity index (χ2v) is 5.24. The molecular weight excluding hydrogens is 238 g/mol. The first-order valence-corrected chi connectivity index (χ1v) is 6.99. The van der Waals surface area contributed by atoms with Crippen molar-refractivity contribution < 1.29 is 4.79 Å². The molecule has 1 fully saturated rings. The summed E-state index contributed by atoms with van der Waals surface area (Å²) in [7, 11) is 1.93. The number of rotatable bonds is 5. The maximum absolute atomic E-state index is 12.0. The van der Waals surface area contributed by atoms with E-state index in [1.807, 2.05) is 36.2 Å². The van der Waals surface area contributed by atoms with Crippen LogP contribution in [0.5, 0.6) is 0 Å². The van der Waals surface area contributed by atoms with Gasteiger partial charge in [0.15, 0.2) is 0 Å². The van der Waals surface area contributed by atoms with E-state index in [0.29, 0.717) is 19.1 Å². The van der Waals surface area contributed by atoms with Gasteiger partial charge in [0, 0.05) is 25.3 Å². The molecule has 1 aromatic rings. The SMILES string of the molecule is CN(CC(=O)NC1CCCC1)c1ccccc1CN. The Labute approximate surface area is 115 Å². The first-order valence-electron chi connectivity index (χ1n) is 6.99. The lowest BCUT2D eigenvalue weighted by molar-refractivity contribution is -0.120. The molecule has 104 valence electrons. The van der Waals surface area contributed by atoms with Crippen molar-refractivity contribution in [1.29, 1.82) is 0 Å². The highest BCUT2D eigenvalue weighted by Crippen LogP contribution is 2.19. The van der Waals surface area contributed by atoms with Crippen LogP contribution < -0.4 is 16.0 Å². The van der Waals surface area contributed by atoms with Crippen LogP contribution in [0.15, 0.2) is 24.3 Å². The van der Waals surface area contributed by atoms with Gasteiger partial charge in [-0.2, -0.15) is 0 Å². The molecule has 4 heteroatoms. The van der Waals surface area contributed by atoms with Gasteiger partial charge < -0.3 is 16.0 Å². The second-order valence-electron chi connectivity index (χ2n) is 5.24. The Morgan fingerprint density at radius 1 is 1.37 bits per heavy atom. The van der Waals surface area contributed by atoms with E-state index in [0.717, 1.165) is 24.1 Å². The molecule has 1 aromatic carbocycles. The average molecular weight is 261 g/mol. The van der Waals surface area contributed by atoms with E-state index in [4.69, 9.17) is 5.73 Å². The number of anilines is 1. The van der Waals surface area contributed by atoms with Gasteiger partial charge in [-0.25, -0.2) is 0 Å². The third-order valence-corrected chi connectivity index (χ3v) is 3.72. The zero-order valence-electron chi connectivity index (χ0n) is 11.6. The van der Waals surface area contributed by atoms with Crippen LogP contribution in [0.4, 0.5) is 5.69 Å². The van der Waals surface area contributed by atoms with Crippen LogP contribution in [0.1, 0.15) is 31.2 Å². The quantitative estimate of drug-likeness (QED) is 0.847. The fourth-order valence-corrected chi connectivity index (χ4v) is 2.70. The van der Waals surface area contributed by atoms with Gasteiger partial charge in [0.05, 0.1) is 6.54 Å². The molecule has 2 rings (SSSR count). The number of hydrogen-bond acceptors (Lipinski definition) is 3. The minimum atomic E-state index is 0.0984. The molecule has 1 aliphatic rings. The van der Waals surface area contributed by atoms with E-state index < -0.39 is 0 Å². The number of para-hydroxylation sites is 1. The number of carbonyl (C=O) groups excluding carboxylic acids is 1. The van der Waals surface area contributed by atoms with Gasteiger partial charge in [0.1, 0.15) is 0 Å². The maximum Gasteiger partial charge on any atom is 0.239 e. The van der Waals surface area contributed by atoms with Crippen LogP contribution in [-0.2, 0) is 11.3 Å². The number of amides is 1. The van der Waals surface area contributed by atoms with Crippen LogP contribution in [0.25, 0.3) is 0 Å². The monoisotopic (exact) mass is 261 g/mol. The molecule has 4 nitrogen and oxygen atoms in total. The van der Waals surface area contributed by atoms with Crippen molar-refractivity contribution in [3.63, 3.8) is 0 Å². The molecule has 0 aliphatic heterocycles. The molecule has 1 saturated carbocycles. The van der Waals surface area contributed by atoms with E-state index >= 15 is 0 Å². The van der Waals surface area contributed by atoms with E-state index in [9.17, 15) is 4.79 Å². The molecule has 19 heavy (non-hydrogen) atoms. The summed E-state index contributed by atoms with van der Waals surface area (Å²) < 4.78 is 0. The van der Waals surface area contributed by atoms with Crippen LogP contribution in [0.2, 0.25) is 0 Å². The summed E-state index contributed by atoms with van der Waals surface area (Å²) in [5.74, 6) is 0.0984. The van der Waals surface area contributed by atoms with Crippen LogP contribution >= 0.6 is 0 Å². The lowest BCUT2D eigenvalue weighted by atomic mass is 10.1. The van der Waals surface area contributed by atoms with Crippen molar-refractivity contribution >= 4 is 11.6 Å². The molecule has 1 aliphatic carbocycles. The molecule has 0 heterocycles. The van der Waals surface area contributed by atoms with Crippen molar-refractivity contribution in [2.45, 2.75) is 38.3 Å².